The van der Waals surface area contributed by atoms with Crippen molar-refractivity contribution >= 4 is 50.9 Å². The number of rotatable bonds is 6. The number of anilines is 1. The molecule has 7 heteroatoms. The Balaban J connectivity index is 1.54. The van der Waals surface area contributed by atoms with Gasteiger partial charge in [0, 0.05) is 10.3 Å². The van der Waals surface area contributed by atoms with Crippen LogP contribution in [-0.4, -0.2) is 29.7 Å². The summed E-state index contributed by atoms with van der Waals surface area (Å²) in [4.78, 5) is 28.5. The molecule has 0 atom stereocenters. The monoisotopic (exact) mass is 372 g/mol. The Morgan fingerprint density at radius 3 is 2.80 bits per heavy atom. The van der Waals surface area contributed by atoms with Gasteiger partial charge in [0.2, 0.25) is 5.91 Å². The van der Waals surface area contributed by atoms with Crippen molar-refractivity contribution in [2.24, 2.45) is 0 Å². The summed E-state index contributed by atoms with van der Waals surface area (Å²) in [5.74, 6) is -0.184. The van der Waals surface area contributed by atoms with Gasteiger partial charge in [-0.15, -0.1) is 23.1 Å². The van der Waals surface area contributed by atoms with Crippen molar-refractivity contribution in [2.45, 2.75) is 11.3 Å². The number of hydrogen-bond donors (Lipinski definition) is 1. The third-order valence-corrected chi connectivity index (χ3v) is 5.24. The van der Waals surface area contributed by atoms with E-state index in [0.717, 1.165) is 10.3 Å². The first-order valence-electron chi connectivity index (χ1n) is 7.57. The van der Waals surface area contributed by atoms with E-state index in [2.05, 4.69) is 39.3 Å². The fraction of sp³-hybridized carbons (Fsp3) is 0.167. The van der Waals surface area contributed by atoms with Gasteiger partial charge in [-0.25, -0.2) is 4.98 Å². The molecule has 0 radical (unpaired) electrons. The number of thioether (sulfide) groups is 1. The summed E-state index contributed by atoms with van der Waals surface area (Å²) < 4.78 is 4.60. The minimum absolute atomic E-state index is 0.106. The number of benzene rings is 2. The van der Waals surface area contributed by atoms with Crippen molar-refractivity contribution in [3.63, 3.8) is 0 Å². The van der Waals surface area contributed by atoms with Gasteiger partial charge in [0.25, 0.3) is 0 Å². The maximum Gasteiger partial charge on any atom is 0.311 e. The van der Waals surface area contributed by atoms with Gasteiger partial charge in [0.15, 0.2) is 5.13 Å². The van der Waals surface area contributed by atoms with E-state index >= 15 is 0 Å². The lowest BCUT2D eigenvalue weighted by molar-refractivity contribution is -0.139. The Labute approximate surface area is 153 Å². The van der Waals surface area contributed by atoms with Crippen LogP contribution in [0.1, 0.15) is 5.69 Å². The Bertz CT molecular complexity index is 908. The summed E-state index contributed by atoms with van der Waals surface area (Å²) in [5.41, 5.74) is 0.592. The molecule has 128 valence electrons. The van der Waals surface area contributed by atoms with Crippen LogP contribution >= 0.6 is 23.1 Å². The highest BCUT2D eigenvalue weighted by Crippen LogP contribution is 2.24. The lowest BCUT2D eigenvalue weighted by Crippen LogP contribution is -2.14. The highest BCUT2D eigenvalue weighted by atomic mass is 32.2. The summed E-state index contributed by atoms with van der Waals surface area (Å²) in [5, 5.41) is 7.32. The summed E-state index contributed by atoms with van der Waals surface area (Å²) in [7, 11) is 1.33. The largest absolute Gasteiger partial charge is 0.469 e. The van der Waals surface area contributed by atoms with Crippen LogP contribution in [0.25, 0.3) is 10.8 Å². The molecule has 3 rings (SSSR count). The number of nitrogens with one attached hydrogen (secondary N) is 1. The molecule has 0 fully saturated rings. The molecule has 1 amide bonds. The fourth-order valence-corrected chi connectivity index (χ4v) is 3.70. The lowest BCUT2D eigenvalue weighted by Gasteiger charge is -2.04. The van der Waals surface area contributed by atoms with E-state index in [1.54, 1.807) is 5.38 Å². The van der Waals surface area contributed by atoms with E-state index in [1.807, 2.05) is 18.2 Å². The molecule has 0 saturated carbocycles. The van der Waals surface area contributed by atoms with Gasteiger partial charge in [0.05, 0.1) is 25.0 Å². The standard InChI is InChI=1S/C18H16N2O3S2/c1-23-17(22)9-14-10-25-18(19-14)20-16(21)11-24-15-7-6-12-4-2-3-5-13(12)8-15/h2-8,10H,9,11H2,1H3,(H,19,20,21). The summed E-state index contributed by atoms with van der Waals surface area (Å²) in [6.45, 7) is 0. The number of methoxy groups -OCH3 is 1. The molecule has 1 N–H and O–H groups in total. The maximum atomic E-state index is 12.1. The third-order valence-electron chi connectivity index (χ3n) is 3.44. The molecule has 3 aromatic rings. The minimum atomic E-state index is -0.352. The summed E-state index contributed by atoms with van der Waals surface area (Å²) >= 11 is 2.77. The molecule has 0 bridgehead atoms. The molecule has 5 nitrogen and oxygen atoms in total. The van der Waals surface area contributed by atoms with Crippen molar-refractivity contribution in [1.82, 2.24) is 4.98 Å². The molecular formula is C18H16N2O3S2. The highest BCUT2D eigenvalue weighted by molar-refractivity contribution is 8.00. The Morgan fingerprint density at radius 2 is 2.00 bits per heavy atom. The first-order valence-corrected chi connectivity index (χ1v) is 9.43. The molecule has 25 heavy (non-hydrogen) atoms. The van der Waals surface area contributed by atoms with Crippen molar-refractivity contribution in [3.05, 3.63) is 53.5 Å². The van der Waals surface area contributed by atoms with Crippen molar-refractivity contribution in [2.75, 3.05) is 18.2 Å². The second-order valence-electron chi connectivity index (χ2n) is 5.24. The summed E-state index contributed by atoms with van der Waals surface area (Å²) in [6, 6.07) is 14.3. The Kier molecular flexibility index (Phi) is 5.67. The second-order valence-corrected chi connectivity index (χ2v) is 7.15. The average molecular weight is 372 g/mol. The third kappa shape index (κ3) is 4.80. The van der Waals surface area contributed by atoms with Crippen molar-refractivity contribution < 1.29 is 14.3 Å². The van der Waals surface area contributed by atoms with Gasteiger partial charge in [-0.2, -0.15) is 0 Å². The number of thiazole rings is 1. The van der Waals surface area contributed by atoms with Crippen molar-refractivity contribution in [1.29, 1.82) is 0 Å². The lowest BCUT2D eigenvalue weighted by atomic mass is 10.1. The van der Waals surface area contributed by atoms with E-state index in [0.29, 0.717) is 16.6 Å². The topological polar surface area (TPSA) is 68.3 Å². The number of hydrogen-bond acceptors (Lipinski definition) is 6. The van der Waals surface area contributed by atoms with Gasteiger partial charge >= 0.3 is 5.97 Å². The van der Waals surface area contributed by atoms with Crippen LogP contribution < -0.4 is 5.32 Å². The number of fused-ring (bicyclic) bond motifs is 1. The predicted molar refractivity (Wildman–Crippen MR) is 101 cm³/mol. The van der Waals surface area contributed by atoms with Crippen LogP contribution in [0.5, 0.6) is 0 Å². The Morgan fingerprint density at radius 1 is 1.20 bits per heavy atom. The molecule has 2 aromatic carbocycles. The molecule has 1 aromatic heterocycles. The zero-order valence-corrected chi connectivity index (χ0v) is 15.2. The van der Waals surface area contributed by atoms with E-state index in [4.69, 9.17) is 0 Å². The van der Waals surface area contributed by atoms with Gasteiger partial charge in [-0.3, -0.25) is 9.59 Å². The van der Waals surface area contributed by atoms with Crippen LogP contribution in [0.3, 0.4) is 0 Å². The first-order chi connectivity index (χ1) is 12.1. The number of carbonyl (C=O) groups is 2. The van der Waals surface area contributed by atoms with Crippen LogP contribution in [0.15, 0.2) is 52.7 Å². The van der Waals surface area contributed by atoms with E-state index in [9.17, 15) is 9.59 Å². The molecule has 0 aliphatic rings. The number of ether oxygens (including phenoxy) is 1. The number of aromatic nitrogens is 1. The van der Waals surface area contributed by atoms with Gasteiger partial charge in [-0.1, -0.05) is 30.3 Å². The van der Waals surface area contributed by atoms with Gasteiger partial charge in [0.1, 0.15) is 0 Å². The normalized spacial score (nSPS) is 10.6. The van der Waals surface area contributed by atoms with Crippen LogP contribution in [-0.2, 0) is 20.7 Å². The van der Waals surface area contributed by atoms with Crippen LogP contribution in [0.2, 0.25) is 0 Å². The molecule has 1 heterocycles. The number of carbonyl (C=O) groups excluding carboxylic acids is 2. The number of amides is 1. The number of esters is 1. The summed E-state index contributed by atoms with van der Waals surface area (Å²) in [6.07, 6.45) is 0.106. The van der Waals surface area contributed by atoms with Gasteiger partial charge in [-0.05, 0) is 22.9 Å². The molecule has 0 saturated heterocycles. The molecule has 0 spiro atoms. The average Bonchev–Trinajstić information content (AvgIpc) is 3.06. The van der Waals surface area contributed by atoms with Gasteiger partial charge < -0.3 is 10.1 Å². The first kappa shape index (κ1) is 17.4. The molecule has 0 aliphatic heterocycles. The van der Waals surface area contributed by atoms with E-state index in [-0.39, 0.29) is 18.3 Å². The Hall–Kier alpha value is -2.38. The SMILES string of the molecule is COC(=O)Cc1csc(NC(=O)CSc2ccc3ccccc3c2)n1. The second kappa shape index (κ2) is 8.13. The zero-order valence-electron chi connectivity index (χ0n) is 13.5. The minimum Gasteiger partial charge on any atom is -0.469 e. The highest BCUT2D eigenvalue weighted by Gasteiger charge is 2.10. The van der Waals surface area contributed by atoms with Crippen LogP contribution in [0, 0.1) is 0 Å². The van der Waals surface area contributed by atoms with E-state index < -0.39 is 0 Å². The maximum absolute atomic E-state index is 12.1. The van der Waals surface area contributed by atoms with Crippen LogP contribution in [0.4, 0.5) is 5.13 Å². The molecular weight excluding hydrogens is 356 g/mol. The molecule has 0 aliphatic carbocycles. The number of nitrogens with zero attached hydrogens (tertiary/aromatic N) is 1. The van der Waals surface area contributed by atoms with E-state index in [1.165, 1.54) is 35.6 Å². The van der Waals surface area contributed by atoms with Crippen molar-refractivity contribution in [3.8, 4) is 0 Å². The quantitative estimate of drug-likeness (QED) is 0.527. The predicted octanol–water partition coefficient (Wildman–Crippen LogP) is 3.74. The smallest absolute Gasteiger partial charge is 0.311 e. The fourth-order valence-electron chi connectivity index (χ4n) is 2.23. The molecule has 0 unspecified atom stereocenters. The zero-order chi connectivity index (χ0) is 17.6.